The van der Waals surface area contributed by atoms with Crippen LogP contribution >= 0.6 is 0 Å². The van der Waals surface area contributed by atoms with E-state index in [1.165, 1.54) is 4.90 Å². The second-order valence-corrected chi connectivity index (χ2v) is 6.22. The Balaban J connectivity index is 1.65. The van der Waals surface area contributed by atoms with Gasteiger partial charge in [-0.1, -0.05) is 60.7 Å². The first-order valence-electron chi connectivity index (χ1n) is 8.75. The Labute approximate surface area is 159 Å². The molecule has 0 aromatic heterocycles. The van der Waals surface area contributed by atoms with E-state index in [1.807, 2.05) is 72.8 Å². The molecule has 0 aliphatic heterocycles. The number of nitrogens with zero attached hydrogens (tertiary/aromatic N) is 1. The molecule has 0 heterocycles. The molecule has 4 heteroatoms. The van der Waals surface area contributed by atoms with E-state index in [2.05, 4.69) is 0 Å². The molecule has 27 heavy (non-hydrogen) atoms. The minimum absolute atomic E-state index is 0.282. The number of likely N-dealkylation sites (N-methyl/N-ethyl adjacent to an activating group) is 1. The van der Waals surface area contributed by atoms with Crippen LogP contribution in [-0.2, 0) is 9.53 Å². The monoisotopic (exact) mass is 359 g/mol. The molecule has 0 radical (unpaired) electrons. The molecule has 1 amide bonds. The fraction of sp³-hybridized carbons (Fsp3) is 0.130. The zero-order valence-corrected chi connectivity index (χ0v) is 15.3. The predicted molar refractivity (Wildman–Crippen MR) is 107 cm³/mol. The molecule has 0 aliphatic rings. The van der Waals surface area contributed by atoms with Gasteiger partial charge < -0.3 is 9.64 Å². The molecule has 136 valence electrons. The molecule has 0 saturated heterocycles. The summed E-state index contributed by atoms with van der Waals surface area (Å²) in [5, 5.41) is 0. The molecule has 4 nitrogen and oxygen atoms in total. The molecule has 3 aromatic rings. The fourth-order valence-corrected chi connectivity index (χ4v) is 2.76. The zero-order valence-electron chi connectivity index (χ0n) is 15.3. The normalized spacial score (nSPS) is 11.5. The van der Waals surface area contributed by atoms with Crippen LogP contribution in [0.1, 0.15) is 17.3 Å². The van der Waals surface area contributed by atoms with Gasteiger partial charge in [0.05, 0.1) is 5.56 Å². The van der Waals surface area contributed by atoms with Gasteiger partial charge in [-0.2, -0.15) is 0 Å². The quantitative estimate of drug-likeness (QED) is 0.627. The van der Waals surface area contributed by atoms with Crippen LogP contribution in [0.4, 0.5) is 5.69 Å². The average molecular weight is 359 g/mol. The number of rotatable bonds is 5. The molecule has 0 spiro atoms. The van der Waals surface area contributed by atoms with E-state index in [1.54, 1.807) is 26.1 Å². The lowest BCUT2D eigenvalue weighted by Gasteiger charge is -2.21. The largest absolute Gasteiger partial charge is 0.449 e. The van der Waals surface area contributed by atoms with Crippen molar-refractivity contribution in [2.45, 2.75) is 13.0 Å². The Bertz CT molecular complexity index is 905. The smallest absolute Gasteiger partial charge is 0.338 e. The number of para-hydroxylation sites is 1. The molecule has 3 rings (SSSR count). The van der Waals surface area contributed by atoms with Crippen molar-refractivity contribution >= 4 is 17.6 Å². The Hall–Kier alpha value is -3.40. The molecule has 0 bridgehead atoms. The summed E-state index contributed by atoms with van der Waals surface area (Å²) in [7, 11) is 1.66. The fourth-order valence-electron chi connectivity index (χ4n) is 2.76. The van der Waals surface area contributed by atoms with Crippen molar-refractivity contribution in [3.8, 4) is 11.1 Å². The van der Waals surface area contributed by atoms with E-state index in [0.29, 0.717) is 5.56 Å². The summed E-state index contributed by atoms with van der Waals surface area (Å²) in [6.07, 6.45) is -0.878. The summed E-state index contributed by atoms with van der Waals surface area (Å²) in [6.45, 7) is 1.58. The van der Waals surface area contributed by atoms with Gasteiger partial charge >= 0.3 is 5.97 Å². The first-order chi connectivity index (χ1) is 13.1. The molecular weight excluding hydrogens is 338 g/mol. The van der Waals surface area contributed by atoms with Crippen LogP contribution in [0.3, 0.4) is 0 Å². The molecule has 0 unspecified atom stereocenters. The van der Waals surface area contributed by atoms with Crippen molar-refractivity contribution in [1.29, 1.82) is 0 Å². The number of anilines is 1. The van der Waals surface area contributed by atoms with Crippen LogP contribution in [-0.4, -0.2) is 25.0 Å². The van der Waals surface area contributed by atoms with Crippen molar-refractivity contribution in [3.05, 3.63) is 90.5 Å². The van der Waals surface area contributed by atoms with Gasteiger partial charge in [-0.15, -0.1) is 0 Å². The van der Waals surface area contributed by atoms with Gasteiger partial charge in [0.15, 0.2) is 6.10 Å². The van der Waals surface area contributed by atoms with Crippen molar-refractivity contribution in [3.63, 3.8) is 0 Å². The maximum Gasteiger partial charge on any atom is 0.338 e. The SMILES string of the molecule is C[C@H](OC(=O)c1ccc(-c2ccccc2)cc1)C(=O)N(C)c1ccccc1. The van der Waals surface area contributed by atoms with E-state index in [4.69, 9.17) is 4.74 Å². The number of ether oxygens (including phenoxy) is 1. The maximum absolute atomic E-state index is 12.5. The van der Waals surface area contributed by atoms with Crippen LogP contribution in [0.25, 0.3) is 11.1 Å². The maximum atomic E-state index is 12.5. The highest BCUT2D eigenvalue weighted by Crippen LogP contribution is 2.20. The minimum Gasteiger partial charge on any atom is -0.449 e. The number of amides is 1. The van der Waals surface area contributed by atoms with Crippen LogP contribution in [0.15, 0.2) is 84.9 Å². The second-order valence-electron chi connectivity index (χ2n) is 6.22. The van der Waals surface area contributed by atoms with E-state index in [9.17, 15) is 9.59 Å². The summed E-state index contributed by atoms with van der Waals surface area (Å²) >= 11 is 0. The molecule has 1 atom stereocenters. The molecular formula is C23H21NO3. The molecule has 0 aliphatic carbocycles. The van der Waals surface area contributed by atoms with Gasteiger partial charge in [-0.3, -0.25) is 4.79 Å². The third kappa shape index (κ3) is 4.42. The van der Waals surface area contributed by atoms with Gasteiger partial charge in [0.1, 0.15) is 0 Å². The molecule has 0 N–H and O–H groups in total. The van der Waals surface area contributed by atoms with Crippen molar-refractivity contribution < 1.29 is 14.3 Å². The number of benzene rings is 3. The number of hydrogen-bond acceptors (Lipinski definition) is 3. The second kappa shape index (κ2) is 8.32. The number of esters is 1. The predicted octanol–water partition coefficient (Wildman–Crippen LogP) is 4.56. The first-order valence-corrected chi connectivity index (χ1v) is 8.75. The Morgan fingerprint density at radius 3 is 1.89 bits per heavy atom. The highest BCUT2D eigenvalue weighted by Gasteiger charge is 2.23. The summed E-state index contributed by atoms with van der Waals surface area (Å²) in [5.41, 5.74) is 3.25. The zero-order chi connectivity index (χ0) is 19.2. The van der Waals surface area contributed by atoms with E-state index in [0.717, 1.165) is 16.8 Å². The lowest BCUT2D eigenvalue weighted by atomic mass is 10.0. The topological polar surface area (TPSA) is 46.6 Å². The average Bonchev–Trinajstić information content (AvgIpc) is 2.74. The summed E-state index contributed by atoms with van der Waals surface area (Å²) in [5.74, 6) is -0.799. The van der Waals surface area contributed by atoms with Crippen LogP contribution in [0.2, 0.25) is 0 Å². The van der Waals surface area contributed by atoms with E-state index < -0.39 is 12.1 Å². The van der Waals surface area contributed by atoms with Gasteiger partial charge in [0, 0.05) is 12.7 Å². The summed E-state index contributed by atoms with van der Waals surface area (Å²) < 4.78 is 5.36. The van der Waals surface area contributed by atoms with Gasteiger partial charge in [-0.05, 0) is 42.3 Å². The number of carbonyl (C=O) groups excluding carboxylic acids is 2. The van der Waals surface area contributed by atoms with E-state index in [-0.39, 0.29) is 5.91 Å². The third-order valence-electron chi connectivity index (χ3n) is 4.33. The Morgan fingerprint density at radius 1 is 0.778 bits per heavy atom. The highest BCUT2D eigenvalue weighted by atomic mass is 16.5. The molecule has 3 aromatic carbocycles. The highest BCUT2D eigenvalue weighted by molar-refractivity contribution is 5.98. The van der Waals surface area contributed by atoms with Crippen molar-refractivity contribution in [2.75, 3.05) is 11.9 Å². The summed E-state index contributed by atoms with van der Waals surface area (Å²) in [4.78, 5) is 26.4. The standard InChI is InChI=1S/C23H21NO3/c1-17(22(25)24(2)21-11-7-4-8-12-21)27-23(26)20-15-13-19(14-16-20)18-9-5-3-6-10-18/h3-17H,1-2H3/t17-/m0/s1. The van der Waals surface area contributed by atoms with Gasteiger partial charge in [0.2, 0.25) is 0 Å². The third-order valence-corrected chi connectivity index (χ3v) is 4.33. The number of hydrogen-bond donors (Lipinski definition) is 0. The number of carbonyl (C=O) groups is 2. The first kappa shape index (κ1) is 18.4. The van der Waals surface area contributed by atoms with Crippen molar-refractivity contribution in [1.82, 2.24) is 0 Å². The summed E-state index contributed by atoms with van der Waals surface area (Å²) in [6, 6.07) is 26.3. The minimum atomic E-state index is -0.878. The van der Waals surface area contributed by atoms with Gasteiger partial charge in [0.25, 0.3) is 5.91 Å². The Kier molecular flexibility index (Phi) is 5.67. The van der Waals surface area contributed by atoms with Gasteiger partial charge in [-0.25, -0.2) is 4.79 Å². The lowest BCUT2D eigenvalue weighted by molar-refractivity contribution is -0.126. The van der Waals surface area contributed by atoms with Crippen LogP contribution < -0.4 is 4.90 Å². The van der Waals surface area contributed by atoms with Crippen LogP contribution in [0, 0.1) is 0 Å². The molecule has 0 saturated carbocycles. The Morgan fingerprint density at radius 2 is 1.30 bits per heavy atom. The lowest BCUT2D eigenvalue weighted by Crippen LogP contribution is -2.37. The van der Waals surface area contributed by atoms with Crippen molar-refractivity contribution in [2.24, 2.45) is 0 Å². The van der Waals surface area contributed by atoms with E-state index >= 15 is 0 Å². The van der Waals surface area contributed by atoms with Crippen LogP contribution in [0.5, 0.6) is 0 Å². The molecule has 0 fully saturated rings.